The van der Waals surface area contributed by atoms with Gasteiger partial charge in [0.25, 0.3) is 11.8 Å². The number of amides is 2. The number of ether oxygens (including phenoxy) is 1. The molecule has 0 aliphatic rings. The molecule has 2 amide bonds. The van der Waals surface area contributed by atoms with Crippen LogP contribution in [0.15, 0.2) is 72.8 Å². The van der Waals surface area contributed by atoms with Crippen molar-refractivity contribution in [1.82, 2.24) is 15.1 Å². The molecule has 0 aliphatic carbocycles. The van der Waals surface area contributed by atoms with Gasteiger partial charge in [-0.1, -0.05) is 60.1 Å². The van der Waals surface area contributed by atoms with Crippen molar-refractivity contribution in [2.75, 3.05) is 5.32 Å². The van der Waals surface area contributed by atoms with E-state index >= 15 is 0 Å². The number of hydrogen-bond donors (Lipinski definition) is 2. The average Bonchev–Trinajstić information content (AvgIpc) is 3.42. The van der Waals surface area contributed by atoms with Gasteiger partial charge in [0.1, 0.15) is 17.8 Å². The molecule has 0 saturated carbocycles. The molecule has 0 unspecified atom stereocenters. The second kappa shape index (κ2) is 13.5. The van der Waals surface area contributed by atoms with E-state index in [0.717, 1.165) is 5.56 Å². The third-order valence-corrected chi connectivity index (χ3v) is 7.18. The predicted molar refractivity (Wildman–Crippen MR) is 160 cm³/mol. The SMILES string of the molecule is Cc1cc(Cn2nc(C(F)(F)F)cc2C(F)(F)F)ccc1NC(=O)c1cccc(Cl)c1C(=O)NC(C)(C)C(=O)OCc1ccccc1. The Morgan fingerprint density at radius 3 is 2.15 bits per heavy atom. The maximum absolute atomic E-state index is 13.4. The molecule has 0 aliphatic heterocycles. The summed E-state index contributed by atoms with van der Waals surface area (Å²) in [4.78, 5) is 39.5. The number of anilines is 1. The zero-order valence-corrected chi connectivity index (χ0v) is 25.8. The van der Waals surface area contributed by atoms with Gasteiger partial charge in [0.15, 0.2) is 5.69 Å². The third kappa shape index (κ3) is 8.50. The summed E-state index contributed by atoms with van der Waals surface area (Å²) in [5.74, 6) is -2.36. The molecule has 2 N–H and O–H groups in total. The lowest BCUT2D eigenvalue weighted by atomic mass is 10.0. The van der Waals surface area contributed by atoms with Crippen molar-refractivity contribution in [2.45, 2.75) is 51.8 Å². The summed E-state index contributed by atoms with van der Waals surface area (Å²) in [6.45, 7) is 3.69. The van der Waals surface area contributed by atoms with E-state index in [1.54, 1.807) is 30.3 Å². The molecule has 0 atom stereocenters. The Labute approximate surface area is 269 Å². The van der Waals surface area contributed by atoms with Crippen LogP contribution in [0, 0.1) is 6.92 Å². The summed E-state index contributed by atoms with van der Waals surface area (Å²) < 4.78 is 85.0. The highest BCUT2D eigenvalue weighted by Crippen LogP contribution is 2.35. The summed E-state index contributed by atoms with van der Waals surface area (Å²) in [5.41, 5.74) is -3.70. The van der Waals surface area contributed by atoms with Crippen LogP contribution < -0.4 is 10.6 Å². The number of esters is 1. The molecule has 0 radical (unpaired) electrons. The summed E-state index contributed by atoms with van der Waals surface area (Å²) in [5, 5.41) is 8.15. The maximum Gasteiger partial charge on any atom is 0.435 e. The number of hydrogen-bond acceptors (Lipinski definition) is 5. The quantitative estimate of drug-likeness (QED) is 0.141. The maximum atomic E-state index is 13.4. The second-order valence-electron chi connectivity index (χ2n) is 11.0. The molecule has 8 nitrogen and oxygen atoms in total. The Hall–Kier alpha value is -4.85. The van der Waals surface area contributed by atoms with Crippen LogP contribution in [0.5, 0.6) is 0 Å². The number of aryl methyl sites for hydroxylation is 1. The minimum absolute atomic E-state index is 0.0309. The van der Waals surface area contributed by atoms with E-state index in [1.807, 2.05) is 0 Å². The predicted octanol–water partition coefficient (Wildman–Crippen LogP) is 7.43. The van der Waals surface area contributed by atoms with Gasteiger partial charge in [-0.05, 0) is 55.7 Å². The van der Waals surface area contributed by atoms with Crippen molar-refractivity contribution in [2.24, 2.45) is 0 Å². The monoisotopic (exact) mass is 680 g/mol. The highest BCUT2D eigenvalue weighted by atomic mass is 35.5. The smallest absolute Gasteiger partial charge is 0.435 e. The summed E-state index contributed by atoms with van der Waals surface area (Å²) in [6, 6.07) is 17.0. The molecule has 4 aromatic rings. The lowest BCUT2D eigenvalue weighted by Gasteiger charge is -2.25. The van der Waals surface area contributed by atoms with Crippen LogP contribution in [0.1, 0.15) is 62.6 Å². The topological polar surface area (TPSA) is 102 Å². The van der Waals surface area contributed by atoms with Crippen molar-refractivity contribution >= 4 is 35.1 Å². The Kier molecular flexibility index (Phi) is 10.0. The zero-order chi connectivity index (χ0) is 34.7. The first-order valence-electron chi connectivity index (χ1n) is 13.8. The Morgan fingerprint density at radius 2 is 1.53 bits per heavy atom. The number of alkyl halides is 6. The number of nitrogens with zero attached hydrogens (tertiary/aromatic N) is 2. The van der Waals surface area contributed by atoms with Crippen molar-refractivity contribution in [3.63, 3.8) is 0 Å². The fraction of sp³-hybridized carbons (Fsp3) is 0.250. The molecule has 0 bridgehead atoms. The lowest BCUT2D eigenvalue weighted by Crippen LogP contribution is -2.51. The molecule has 47 heavy (non-hydrogen) atoms. The van der Waals surface area contributed by atoms with E-state index in [1.165, 1.54) is 57.2 Å². The molecular formula is C32H27ClF6N4O4. The van der Waals surface area contributed by atoms with E-state index in [0.29, 0.717) is 5.56 Å². The molecule has 248 valence electrons. The van der Waals surface area contributed by atoms with Crippen LogP contribution in [-0.2, 0) is 35.0 Å². The van der Waals surface area contributed by atoms with Gasteiger partial charge >= 0.3 is 18.3 Å². The van der Waals surface area contributed by atoms with Crippen molar-refractivity contribution < 1.29 is 45.5 Å². The minimum Gasteiger partial charge on any atom is -0.459 e. The fourth-order valence-corrected chi connectivity index (χ4v) is 4.74. The molecule has 3 aromatic carbocycles. The molecule has 15 heteroatoms. The molecule has 1 heterocycles. The van der Waals surface area contributed by atoms with Crippen LogP contribution in [0.2, 0.25) is 5.02 Å². The summed E-state index contributed by atoms with van der Waals surface area (Å²) in [6.07, 6.45) is -10.2. The number of carbonyl (C=O) groups is 3. The standard InChI is InChI=1S/C32H27ClF6N4O4/c1-18-14-20(16-43-25(32(37,38)39)15-24(42-43)31(34,35)36)12-13-23(18)40-27(44)21-10-7-11-22(33)26(21)28(45)41-30(2,3)29(46)47-17-19-8-5-4-6-9-19/h4-15H,16-17H2,1-3H3,(H,40,44)(H,41,45). The molecule has 1 aromatic heterocycles. The molecule has 0 fully saturated rings. The first-order valence-corrected chi connectivity index (χ1v) is 14.2. The van der Waals surface area contributed by atoms with Crippen LogP contribution in [0.25, 0.3) is 0 Å². The Bertz CT molecular complexity index is 1800. The van der Waals surface area contributed by atoms with Crippen LogP contribution in [0.4, 0.5) is 32.0 Å². The highest BCUT2D eigenvalue weighted by molar-refractivity contribution is 6.35. The van der Waals surface area contributed by atoms with Gasteiger partial charge in [-0.3, -0.25) is 14.3 Å². The third-order valence-electron chi connectivity index (χ3n) is 6.87. The minimum atomic E-state index is -5.09. The number of aromatic nitrogens is 2. The van der Waals surface area contributed by atoms with E-state index in [9.17, 15) is 40.7 Å². The number of halogens is 7. The van der Waals surface area contributed by atoms with Gasteiger partial charge in [-0.15, -0.1) is 0 Å². The zero-order valence-electron chi connectivity index (χ0n) is 25.0. The number of nitrogens with one attached hydrogen (secondary N) is 2. The van der Waals surface area contributed by atoms with Crippen LogP contribution >= 0.6 is 11.6 Å². The fourth-order valence-electron chi connectivity index (χ4n) is 4.48. The van der Waals surface area contributed by atoms with E-state index in [4.69, 9.17) is 16.3 Å². The average molecular weight is 681 g/mol. The van der Waals surface area contributed by atoms with Gasteiger partial charge < -0.3 is 15.4 Å². The van der Waals surface area contributed by atoms with Gasteiger partial charge in [0.05, 0.1) is 22.7 Å². The molecular weight excluding hydrogens is 654 g/mol. The Balaban J connectivity index is 1.50. The van der Waals surface area contributed by atoms with E-state index in [2.05, 4.69) is 15.7 Å². The van der Waals surface area contributed by atoms with Crippen molar-refractivity contribution in [3.8, 4) is 0 Å². The summed E-state index contributed by atoms with van der Waals surface area (Å²) in [7, 11) is 0. The molecule has 4 rings (SSSR count). The lowest BCUT2D eigenvalue weighted by molar-refractivity contribution is -0.151. The van der Waals surface area contributed by atoms with Crippen molar-refractivity contribution in [1.29, 1.82) is 0 Å². The molecule has 0 spiro atoms. The first-order chi connectivity index (χ1) is 21.9. The van der Waals surface area contributed by atoms with Crippen LogP contribution in [-0.4, -0.2) is 33.1 Å². The normalized spacial score (nSPS) is 12.0. The van der Waals surface area contributed by atoms with E-state index in [-0.39, 0.29) is 44.8 Å². The molecule has 0 saturated heterocycles. The van der Waals surface area contributed by atoms with E-state index < -0.39 is 53.6 Å². The largest absolute Gasteiger partial charge is 0.459 e. The summed E-state index contributed by atoms with van der Waals surface area (Å²) >= 11 is 6.31. The van der Waals surface area contributed by atoms with Gasteiger partial charge in [0, 0.05) is 11.8 Å². The number of benzene rings is 3. The Morgan fingerprint density at radius 1 is 0.851 bits per heavy atom. The number of carbonyl (C=O) groups excluding carboxylic acids is 3. The first kappa shape index (κ1) is 35.0. The van der Waals surface area contributed by atoms with Gasteiger partial charge in [0.2, 0.25) is 0 Å². The second-order valence-corrected chi connectivity index (χ2v) is 11.4. The van der Waals surface area contributed by atoms with Crippen LogP contribution in [0.3, 0.4) is 0 Å². The van der Waals surface area contributed by atoms with Crippen molar-refractivity contribution in [3.05, 3.63) is 117 Å². The highest BCUT2D eigenvalue weighted by Gasteiger charge is 2.42. The van der Waals surface area contributed by atoms with Gasteiger partial charge in [-0.25, -0.2) is 4.79 Å². The van der Waals surface area contributed by atoms with Gasteiger partial charge in [-0.2, -0.15) is 31.4 Å². The number of rotatable bonds is 9.